The molecule has 92 valence electrons. The van der Waals surface area contributed by atoms with E-state index in [-0.39, 0.29) is 6.04 Å². The van der Waals surface area contributed by atoms with Crippen LogP contribution >= 0.6 is 0 Å². The summed E-state index contributed by atoms with van der Waals surface area (Å²) < 4.78 is 7.61. The third-order valence-electron chi connectivity index (χ3n) is 2.46. The van der Waals surface area contributed by atoms with Gasteiger partial charge in [-0.25, -0.2) is 4.98 Å². The molecule has 0 bridgehead atoms. The molecule has 2 N–H and O–H groups in total. The summed E-state index contributed by atoms with van der Waals surface area (Å²) in [5.74, 6) is 0. The molecule has 16 heavy (non-hydrogen) atoms. The molecule has 0 radical (unpaired) electrons. The molecule has 0 aliphatic rings. The Bertz CT molecular complexity index is 294. The Labute approximate surface area is 97.8 Å². The fraction of sp³-hybridized carbons (Fsp3) is 0.750. The molecule has 1 atom stereocenters. The SMILES string of the molecule is CC(C)OCCCCn1cncc1C(C)N. The summed E-state index contributed by atoms with van der Waals surface area (Å²) in [6.45, 7) is 7.90. The summed E-state index contributed by atoms with van der Waals surface area (Å²) in [4.78, 5) is 4.12. The topological polar surface area (TPSA) is 53.1 Å². The predicted molar refractivity (Wildman–Crippen MR) is 65.2 cm³/mol. The van der Waals surface area contributed by atoms with Gasteiger partial charge in [0.25, 0.3) is 0 Å². The van der Waals surface area contributed by atoms with Gasteiger partial charge in [-0.15, -0.1) is 0 Å². The normalized spacial score (nSPS) is 13.3. The standard InChI is InChI=1S/C12H23N3O/c1-10(2)16-7-5-4-6-15-9-14-8-12(15)11(3)13/h8-11H,4-7,13H2,1-3H3. The highest BCUT2D eigenvalue weighted by molar-refractivity contribution is 5.02. The Morgan fingerprint density at radius 1 is 1.38 bits per heavy atom. The van der Waals surface area contributed by atoms with E-state index in [1.807, 2.05) is 19.4 Å². The number of nitrogens with zero attached hydrogens (tertiary/aromatic N) is 2. The predicted octanol–water partition coefficient (Wildman–Crippen LogP) is 2.11. The molecule has 0 aliphatic carbocycles. The van der Waals surface area contributed by atoms with Gasteiger partial charge in [0.1, 0.15) is 0 Å². The van der Waals surface area contributed by atoms with E-state index in [0.717, 1.165) is 31.7 Å². The van der Waals surface area contributed by atoms with Crippen molar-refractivity contribution >= 4 is 0 Å². The van der Waals surface area contributed by atoms with Gasteiger partial charge in [-0.1, -0.05) is 0 Å². The van der Waals surface area contributed by atoms with E-state index in [9.17, 15) is 0 Å². The third kappa shape index (κ3) is 4.33. The van der Waals surface area contributed by atoms with Crippen LogP contribution in [0.4, 0.5) is 0 Å². The fourth-order valence-electron chi connectivity index (χ4n) is 1.60. The average molecular weight is 225 g/mol. The second-order valence-electron chi connectivity index (χ2n) is 4.43. The van der Waals surface area contributed by atoms with Gasteiger partial charge in [0, 0.05) is 25.4 Å². The summed E-state index contributed by atoms with van der Waals surface area (Å²) >= 11 is 0. The van der Waals surface area contributed by atoms with Crippen molar-refractivity contribution in [3.63, 3.8) is 0 Å². The Kier molecular flexibility index (Phi) is 5.49. The van der Waals surface area contributed by atoms with Gasteiger partial charge in [-0.3, -0.25) is 0 Å². The first kappa shape index (κ1) is 13.2. The van der Waals surface area contributed by atoms with E-state index in [4.69, 9.17) is 10.5 Å². The Morgan fingerprint density at radius 2 is 2.12 bits per heavy atom. The van der Waals surface area contributed by atoms with Gasteiger partial charge in [0.2, 0.25) is 0 Å². The maximum atomic E-state index is 5.84. The van der Waals surface area contributed by atoms with Crippen molar-refractivity contribution < 1.29 is 4.74 Å². The number of imidazole rings is 1. The van der Waals surface area contributed by atoms with Crippen molar-refractivity contribution in [1.29, 1.82) is 0 Å². The lowest BCUT2D eigenvalue weighted by atomic mass is 10.2. The van der Waals surface area contributed by atoms with Gasteiger partial charge in [0.15, 0.2) is 0 Å². The monoisotopic (exact) mass is 225 g/mol. The molecule has 0 saturated carbocycles. The highest BCUT2D eigenvalue weighted by Crippen LogP contribution is 2.09. The minimum Gasteiger partial charge on any atom is -0.379 e. The van der Waals surface area contributed by atoms with Gasteiger partial charge in [-0.2, -0.15) is 0 Å². The Hall–Kier alpha value is -0.870. The number of aromatic nitrogens is 2. The molecule has 4 nitrogen and oxygen atoms in total. The van der Waals surface area contributed by atoms with E-state index < -0.39 is 0 Å². The minimum absolute atomic E-state index is 0.0504. The van der Waals surface area contributed by atoms with Crippen LogP contribution in [0.25, 0.3) is 0 Å². The number of ether oxygens (including phenoxy) is 1. The number of unbranched alkanes of at least 4 members (excludes halogenated alkanes) is 1. The van der Waals surface area contributed by atoms with E-state index in [0.29, 0.717) is 6.10 Å². The zero-order chi connectivity index (χ0) is 12.0. The minimum atomic E-state index is 0.0504. The third-order valence-corrected chi connectivity index (χ3v) is 2.46. The quantitative estimate of drug-likeness (QED) is 0.723. The zero-order valence-electron chi connectivity index (χ0n) is 10.5. The van der Waals surface area contributed by atoms with Crippen molar-refractivity contribution in [3.8, 4) is 0 Å². The average Bonchev–Trinajstić information content (AvgIpc) is 2.65. The Balaban J connectivity index is 2.24. The molecule has 0 saturated heterocycles. The van der Waals surface area contributed by atoms with Gasteiger partial charge < -0.3 is 15.0 Å². The highest BCUT2D eigenvalue weighted by Gasteiger charge is 2.05. The summed E-state index contributed by atoms with van der Waals surface area (Å²) in [7, 11) is 0. The summed E-state index contributed by atoms with van der Waals surface area (Å²) in [6, 6.07) is 0.0504. The van der Waals surface area contributed by atoms with Gasteiger partial charge >= 0.3 is 0 Å². The van der Waals surface area contributed by atoms with Crippen LogP contribution in [-0.4, -0.2) is 22.3 Å². The van der Waals surface area contributed by atoms with Crippen molar-refractivity contribution in [2.75, 3.05) is 6.61 Å². The molecule has 1 aromatic rings. The van der Waals surface area contributed by atoms with Crippen LogP contribution in [0.5, 0.6) is 0 Å². The number of nitrogens with two attached hydrogens (primary N) is 1. The van der Waals surface area contributed by atoms with Crippen LogP contribution in [0, 0.1) is 0 Å². The summed E-state index contributed by atoms with van der Waals surface area (Å²) in [5, 5.41) is 0. The maximum absolute atomic E-state index is 5.84. The molecule has 0 amide bonds. The lowest BCUT2D eigenvalue weighted by molar-refractivity contribution is 0.0754. The lowest BCUT2D eigenvalue weighted by Gasteiger charge is -2.11. The van der Waals surface area contributed by atoms with Crippen LogP contribution in [0.1, 0.15) is 45.3 Å². The largest absolute Gasteiger partial charge is 0.379 e. The van der Waals surface area contributed by atoms with Crippen LogP contribution in [0.2, 0.25) is 0 Å². The Morgan fingerprint density at radius 3 is 2.75 bits per heavy atom. The van der Waals surface area contributed by atoms with Crippen LogP contribution < -0.4 is 5.73 Å². The molecular formula is C12H23N3O. The summed E-state index contributed by atoms with van der Waals surface area (Å²) in [5.41, 5.74) is 6.95. The molecule has 0 aliphatic heterocycles. The molecule has 0 spiro atoms. The molecule has 1 unspecified atom stereocenters. The molecule has 0 fully saturated rings. The lowest BCUT2D eigenvalue weighted by Crippen LogP contribution is -2.12. The van der Waals surface area contributed by atoms with Gasteiger partial charge in [-0.05, 0) is 33.6 Å². The molecule has 0 aromatic carbocycles. The van der Waals surface area contributed by atoms with E-state index in [1.54, 1.807) is 0 Å². The first-order chi connectivity index (χ1) is 7.61. The number of hydrogen-bond acceptors (Lipinski definition) is 3. The maximum Gasteiger partial charge on any atom is 0.0948 e. The number of aryl methyl sites for hydroxylation is 1. The first-order valence-electron chi connectivity index (χ1n) is 5.98. The van der Waals surface area contributed by atoms with Crippen molar-refractivity contribution in [1.82, 2.24) is 9.55 Å². The first-order valence-corrected chi connectivity index (χ1v) is 5.98. The van der Waals surface area contributed by atoms with E-state index >= 15 is 0 Å². The fourth-order valence-corrected chi connectivity index (χ4v) is 1.60. The van der Waals surface area contributed by atoms with Crippen LogP contribution in [0.3, 0.4) is 0 Å². The smallest absolute Gasteiger partial charge is 0.0948 e. The number of hydrogen-bond donors (Lipinski definition) is 1. The number of rotatable bonds is 7. The van der Waals surface area contributed by atoms with E-state index in [2.05, 4.69) is 23.4 Å². The van der Waals surface area contributed by atoms with E-state index in [1.165, 1.54) is 0 Å². The molecule has 1 rings (SSSR count). The molecular weight excluding hydrogens is 202 g/mol. The summed E-state index contributed by atoms with van der Waals surface area (Å²) in [6.07, 6.45) is 6.20. The second kappa shape index (κ2) is 6.66. The van der Waals surface area contributed by atoms with Crippen molar-refractivity contribution in [2.24, 2.45) is 5.73 Å². The molecule has 1 heterocycles. The van der Waals surface area contributed by atoms with Crippen LogP contribution in [-0.2, 0) is 11.3 Å². The molecule has 4 heteroatoms. The highest BCUT2D eigenvalue weighted by atomic mass is 16.5. The van der Waals surface area contributed by atoms with Crippen molar-refractivity contribution in [2.45, 2.75) is 52.3 Å². The zero-order valence-corrected chi connectivity index (χ0v) is 10.5. The van der Waals surface area contributed by atoms with Crippen LogP contribution in [0.15, 0.2) is 12.5 Å². The van der Waals surface area contributed by atoms with Crippen molar-refractivity contribution in [3.05, 3.63) is 18.2 Å². The molecule has 1 aromatic heterocycles. The van der Waals surface area contributed by atoms with Gasteiger partial charge in [0.05, 0.1) is 18.1 Å². The second-order valence-corrected chi connectivity index (χ2v) is 4.43.